The molecule has 3 aromatic carbocycles. The van der Waals surface area contributed by atoms with E-state index in [4.69, 9.17) is 18.9 Å². The number of carbonyl (C=O) groups excluding carboxylic acids is 3. The molecular formula is C30H30N2O7. The Kier molecular flexibility index (Phi) is 7.15. The summed E-state index contributed by atoms with van der Waals surface area (Å²) in [7, 11) is 4.40. The SMILES string of the molecule is COC(=O)[C@@H]1c2ccccc2C(=O)N2CCc3cc(OC)c(OC)cc3[C@@]12CNC(=O)OCc1ccccc1. The van der Waals surface area contributed by atoms with Crippen LogP contribution in [0.15, 0.2) is 66.7 Å². The number of fused-ring (bicyclic) bond motifs is 4. The van der Waals surface area contributed by atoms with Gasteiger partial charge in [0.15, 0.2) is 11.5 Å². The van der Waals surface area contributed by atoms with Crippen molar-refractivity contribution < 1.29 is 33.3 Å². The van der Waals surface area contributed by atoms with Gasteiger partial charge in [-0.3, -0.25) is 9.59 Å². The van der Waals surface area contributed by atoms with Gasteiger partial charge < -0.3 is 29.2 Å². The Bertz CT molecular complexity index is 1410. The van der Waals surface area contributed by atoms with Crippen molar-refractivity contribution >= 4 is 18.0 Å². The van der Waals surface area contributed by atoms with Gasteiger partial charge in [-0.1, -0.05) is 48.5 Å². The Labute approximate surface area is 226 Å². The van der Waals surface area contributed by atoms with Crippen LogP contribution in [-0.2, 0) is 32.8 Å². The Morgan fingerprint density at radius 1 is 0.974 bits per heavy atom. The first-order valence-corrected chi connectivity index (χ1v) is 12.6. The van der Waals surface area contributed by atoms with E-state index in [2.05, 4.69) is 5.32 Å². The molecule has 0 bridgehead atoms. The lowest BCUT2D eigenvalue weighted by atomic mass is 9.65. The Balaban J connectivity index is 1.63. The van der Waals surface area contributed by atoms with Crippen molar-refractivity contribution in [1.29, 1.82) is 0 Å². The van der Waals surface area contributed by atoms with Crippen molar-refractivity contribution in [2.45, 2.75) is 24.5 Å². The standard InChI is InChI=1S/C30H30N2O7/c1-36-24-15-20-13-14-32-27(33)22-12-8-7-11-21(22)26(28(34)38-3)30(32,23(20)16-25(24)37-2)18-31-29(35)39-17-19-9-5-4-6-10-19/h4-12,15-16,26H,13-14,17-18H2,1-3H3,(H,31,35)/t26-,30-/m0/s1. The molecule has 2 atom stereocenters. The van der Waals surface area contributed by atoms with Gasteiger partial charge in [0, 0.05) is 18.7 Å². The number of rotatable bonds is 7. The molecule has 5 rings (SSSR count). The number of esters is 1. The minimum atomic E-state index is -1.31. The molecule has 0 saturated carbocycles. The van der Waals surface area contributed by atoms with Crippen LogP contribution in [0.1, 0.15) is 38.5 Å². The maximum Gasteiger partial charge on any atom is 0.407 e. The van der Waals surface area contributed by atoms with Crippen molar-refractivity contribution in [3.05, 3.63) is 94.5 Å². The second-order valence-electron chi connectivity index (χ2n) is 9.45. The fourth-order valence-corrected chi connectivity index (χ4v) is 5.76. The molecule has 3 aromatic rings. The van der Waals surface area contributed by atoms with Crippen LogP contribution in [0.5, 0.6) is 11.5 Å². The summed E-state index contributed by atoms with van der Waals surface area (Å²) in [5.41, 5.74) is 2.04. The molecule has 2 amide bonds. The van der Waals surface area contributed by atoms with Crippen LogP contribution in [-0.4, -0.2) is 57.3 Å². The first-order valence-electron chi connectivity index (χ1n) is 12.6. The van der Waals surface area contributed by atoms with Crippen molar-refractivity contribution in [2.24, 2.45) is 0 Å². The molecule has 0 unspecified atom stereocenters. The lowest BCUT2D eigenvalue weighted by Crippen LogP contribution is -2.65. The normalized spacial score (nSPS) is 19.2. The smallest absolute Gasteiger partial charge is 0.407 e. The number of hydrogen-bond acceptors (Lipinski definition) is 7. The molecule has 0 spiro atoms. The summed E-state index contributed by atoms with van der Waals surface area (Å²) in [6, 6.07) is 20.0. The number of nitrogens with one attached hydrogen (secondary N) is 1. The predicted octanol–water partition coefficient (Wildman–Crippen LogP) is 3.79. The quantitative estimate of drug-likeness (QED) is 0.464. The third kappa shape index (κ3) is 4.43. The van der Waals surface area contributed by atoms with Crippen LogP contribution in [0.25, 0.3) is 0 Å². The van der Waals surface area contributed by atoms with Crippen LogP contribution in [0.4, 0.5) is 4.79 Å². The number of amides is 2. The Morgan fingerprint density at radius 2 is 1.67 bits per heavy atom. The number of nitrogens with zero attached hydrogens (tertiary/aromatic N) is 1. The van der Waals surface area contributed by atoms with Gasteiger partial charge in [0.1, 0.15) is 18.1 Å². The van der Waals surface area contributed by atoms with E-state index < -0.39 is 23.5 Å². The van der Waals surface area contributed by atoms with Gasteiger partial charge in [-0.2, -0.15) is 0 Å². The highest BCUT2D eigenvalue weighted by Crippen LogP contribution is 2.52. The average Bonchev–Trinajstić information content (AvgIpc) is 2.98. The van der Waals surface area contributed by atoms with Gasteiger partial charge in [0.25, 0.3) is 5.91 Å². The predicted molar refractivity (Wildman–Crippen MR) is 142 cm³/mol. The van der Waals surface area contributed by atoms with Gasteiger partial charge in [-0.25, -0.2) is 4.79 Å². The summed E-state index contributed by atoms with van der Waals surface area (Å²) in [6.45, 7) is 0.306. The van der Waals surface area contributed by atoms with Crippen LogP contribution in [0.3, 0.4) is 0 Å². The van der Waals surface area contributed by atoms with E-state index in [-0.39, 0.29) is 19.1 Å². The number of carbonyl (C=O) groups is 3. The summed E-state index contributed by atoms with van der Waals surface area (Å²) in [5.74, 6) is -0.707. The molecule has 1 N–H and O–H groups in total. The van der Waals surface area contributed by atoms with Crippen molar-refractivity contribution in [3.63, 3.8) is 0 Å². The molecule has 9 heteroatoms. The Morgan fingerprint density at radius 3 is 2.38 bits per heavy atom. The van der Waals surface area contributed by atoms with Crippen LogP contribution < -0.4 is 14.8 Å². The molecule has 2 heterocycles. The number of alkyl carbamates (subject to hydrolysis) is 1. The molecule has 0 aromatic heterocycles. The zero-order chi connectivity index (χ0) is 27.6. The molecule has 0 aliphatic carbocycles. The lowest BCUT2D eigenvalue weighted by molar-refractivity contribution is -0.147. The minimum Gasteiger partial charge on any atom is -0.493 e. The highest BCUT2D eigenvalue weighted by atomic mass is 16.5. The third-order valence-electron chi connectivity index (χ3n) is 7.54. The van der Waals surface area contributed by atoms with Gasteiger partial charge in [0.05, 0.1) is 21.3 Å². The van der Waals surface area contributed by atoms with Crippen LogP contribution in [0.2, 0.25) is 0 Å². The molecule has 2 aliphatic heterocycles. The third-order valence-corrected chi connectivity index (χ3v) is 7.54. The van der Waals surface area contributed by atoms with Crippen molar-refractivity contribution in [3.8, 4) is 11.5 Å². The largest absolute Gasteiger partial charge is 0.493 e. The molecular weight excluding hydrogens is 500 g/mol. The minimum absolute atomic E-state index is 0.0766. The second kappa shape index (κ2) is 10.7. The van der Waals surface area contributed by atoms with Gasteiger partial charge in [0.2, 0.25) is 0 Å². The molecule has 0 radical (unpaired) electrons. The lowest BCUT2D eigenvalue weighted by Gasteiger charge is -2.54. The topological polar surface area (TPSA) is 103 Å². The number of hydrogen-bond donors (Lipinski definition) is 1. The zero-order valence-corrected chi connectivity index (χ0v) is 22.1. The first kappa shape index (κ1) is 26.1. The highest BCUT2D eigenvalue weighted by molar-refractivity contribution is 6.02. The summed E-state index contributed by atoms with van der Waals surface area (Å²) in [6.07, 6.45) is -0.145. The molecule has 202 valence electrons. The van der Waals surface area contributed by atoms with Crippen molar-refractivity contribution in [1.82, 2.24) is 10.2 Å². The maximum absolute atomic E-state index is 13.9. The Hall–Kier alpha value is -4.53. The van der Waals surface area contributed by atoms with E-state index in [9.17, 15) is 14.4 Å². The molecule has 0 fully saturated rings. The molecule has 0 saturated heterocycles. The second-order valence-corrected chi connectivity index (χ2v) is 9.45. The average molecular weight is 531 g/mol. The number of benzene rings is 3. The van der Waals surface area contributed by atoms with E-state index in [0.717, 1.165) is 11.1 Å². The van der Waals surface area contributed by atoms with Crippen molar-refractivity contribution in [2.75, 3.05) is 34.4 Å². The summed E-state index contributed by atoms with van der Waals surface area (Å²) in [4.78, 5) is 42.1. The van der Waals surface area contributed by atoms with E-state index >= 15 is 0 Å². The fraction of sp³-hybridized carbons (Fsp3) is 0.300. The number of methoxy groups -OCH3 is 3. The van der Waals surface area contributed by atoms with Crippen LogP contribution >= 0.6 is 0 Å². The number of ether oxygens (including phenoxy) is 4. The van der Waals surface area contributed by atoms with E-state index in [1.54, 1.807) is 42.3 Å². The molecule has 9 nitrogen and oxygen atoms in total. The van der Waals surface area contributed by atoms with Crippen LogP contribution in [0, 0.1) is 0 Å². The first-order chi connectivity index (χ1) is 18.9. The molecule has 2 aliphatic rings. The summed E-state index contributed by atoms with van der Waals surface area (Å²) >= 11 is 0. The van der Waals surface area contributed by atoms with Gasteiger partial charge >= 0.3 is 12.1 Å². The van der Waals surface area contributed by atoms with E-state index in [1.807, 2.05) is 36.4 Å². The van der Waals surface area contributed by atoms with E-state index in [0.29, 0.717) is 41.2 Å². The monoisotopic (exact) mass is 530 g/mol. The summed E-state index contributed by atoms with van der Waals surface area (Å²) < 4.78 is 21.9. The van der Waals surface area contributed by atoms with E-state index in [1.165, 1.54) is 14.2 Å². The zero-order valence-electron chi connectivity index (χ0n) is 22.1. The fourth-order valence-electron chi connectivity index (χ4n) is 5.76. The van der Waals surface area contributed by atoms with Gasteiger partial charge in [-0.15, -0.1) is 0 Å². The summed E-state index contributed by atoms with van der Waals surface area (Å²) in [5, 5.41) is 2.84. The maximum atomic E-state index is 13.9. The van der Waals surface area contributed by atoms with Gasteiger partial charge in [-0.05, 0) is 46.9 Å². The highest BCUT2D eigenvalue weighted by Gasteiger charge is 2.58. The molecule has 39 heavy (non-hydrogen) atoms.